The molecule has 0 aliphatic heterocycles. The molecule has 1 N–H and O–H groups in total. The lowest BCUT2D eigenvalue weighted by molar-refractivity contribution is 0.0971. The van der Waals surface area contributed by atoms with Crippen LogP contribution >= 0.6 is 0 Å². The Morgan fingerprint density at radius 3 is 2.65 bits per heavy atom. The maximum Gasteiger partial charge on any atom is 0.251 e. The van der Waals surface area contributed by atoms with Crippen LogP contribution in [0.25, 0.3) is 0 Å². The van der Waals surface area contributed by atoms with Crippen molar-refractivity contribution in [1.29, 1.82) is 0 Å². The van der Waals surface area contributed by atoms with Gasteiger partial charge in [0.15, 0.2) is 5.78 Å². The standard InChI is InChI=1S/C14H19NO2/c1-4-14(2,3)10-8-9-11(15-13(10)17)6-5-7-12(9)16/h8H,4-7H2,1-3H3,(H,15,17). The fourth-order valence-corrected chi connectivity index (χ4v) is 2.27. The summed E-state index contributed by atoms with van der Waals surface area (Å²) in [5.41, 5.74) is 2.06. The van der Waals surface area contributed by atoms with Gasteiger partial charge in [-0.25, -0.2) is 0 Å². The summed E-state index contributed by atoms with van der Waals surface area (Å²) in [6.45, 7) is 6.13. The van der Waals surface area contributed by atoms with Gasteiger partial charge in [0, 0.05) is 23.2 Å². The zero-order chi connectivity index (χ0) is 12.6. The monoisotopic (exact) mass is 233 g/mol. The first kappa shape index (κ1) is 12.1. The summed E-state index contributed by atoms with van der Waals surface area (Å²) >= 11 is 0. The summed E-state index contributed by atoms with van der Waals surface area (Å²) in [5, 5.41) is 0. The van der Waals surface area contributed by atoms with E-state index in [1.54, 1.807) is 0 Å². The second-order valence-corrected chi connectivity index (χ2v) is 5.42. The largest absolute Gasteiger partial charge is 0.325 e. The summed E-state index contributed by atoms with van der Waals surface area (Å²) in [6.07, 6.45) is 3.13. The number of pyridine rings is 1. The fraction of sp³-hybridized carbons (Fsp3) is 0.571. The Kier molecular flexibility index (Phi) is 2.94. The summed E-state index contributed by atoms with van der Waals surface area (Å²) < 4.78 is 0. The molecule has 0 aromatic carbocycles. The highest BCUT2D eigenvalue weighted by Crippen LogP contribution is 2.27. The number of hydrogen-bond acceptors (Lipinski definition) is 2. The molecule has 3 heteroatoms. The molecule has 0 unspecified atom stereocenters. The molecule has 0 fully saturated rings. The zero-order valence-corrected chi connectivity index (χ0v) is 10.7. The van der Waals surface area contributed by atoms with E-state index >= 15 is 0 Å². The number of ketones is 1. The van der Waals surface area contributed by atoms with Crippen molar-refractivity contribution in [1.82, 2.24) is 4.98 Å². The maximum atomic E-state index is 12.0. The van der Waals surface area contributed by atoms with Crippen LogP contribution < -0.4 is 5.56 Å². The molecule has 0 saturated heterocycles. The molecule has 0 radical (unpaired) electrons. The van der Waals surface area contributed by atoms with Gasteiger partial charge in [-0.1, -0.05) is 20.8 Å². The number of aromatic amines is 1. The zero-order valence-electron chi connectivity index (χ0n) is 10.7. The molecule has 0 atom stereocenters. The SMILES string of the molecule is CCC(C)(C)c1cc2c([nH]c1=O)CCCC2=O. The first-order valence-electron chi connectivity index (χ1n) is 6.25. The van der Waals surface area contributed by atoms with Crippen molar-refractivity contribution in [2.75, 3.05) is 0 Å². The summed E-state index contributed by atoms with van der Waals surface area (Å²) in [4.78, 5) is 26.8. The second-order valence-electron chi connectivity index (χ2n) is 5.42. The topological polar surface area (TPSA) is 49.9 Å². The van der Waals surface area contributed by atoms with E-state index in [0.29, 0.717) is 6.42 Å². The molecule has 1 aliphatic carbocycles. The molecule has 17 heavy (non-hydrogen) atoms. The number of fused-ring (bicyclic) bond motifs is 1. The number of aryl methyl sites for hydroxylation is 1. The van der Waals surface area contributed by atoms with Gasteiger partial charge >= 0.3 is 0 Å². The van der Waals surface area contributed by atoms with Gasteiger partial charge in [0.1, 0.15) is 0 Å². The molecule has 0 spiro atoms. The van der Waals surface area contributed by atoms with Gasteiger partial charge in [-0.3, -0.25) is 9.59 Å². The summed E-state index contributed by atoms with van der Waals surface area (Å²) in [5.74, 6) is 0.163. The third-order valence-corrected chi connectivity index (χ3v) is 3.87. The van der Waals surface area contributed by atoms with Crippen molar-refractivity contribution in [2.45, 2.75) is 51.9 Å². The Bertz CT molecular complexity index is 511. The van der Waals surface area contributed by atoms with Crippen LogP contribution in [0, 0.1) is 0 Å². The Morgan fingerprint density at radius 2 is 2.00 bits per heavy atom. The molecule has 1 aliphatic rings. The predicted octanol–water partition coefficient (Wildman–Crippen LogP) is 2.58. The second kappa shape index (κ2) is 4.13. The van der Waals surface area contributed by atoms with Gasteiger partial charge in [-0.15, -0.1) is 0 Å². The van der Waals surface area contributed by atoms with Gasteiger partial charge in [0.25, 0.3) is 5.56 Å². The highest BCUT2D eigenvalue weighted by Gasteiger charge is 2.26. The maximum absolute atomic E-state index is 12.0. The number of nitrogens with one attached hydrogen (secondary N) is 1. The van der Waals surface area contributed by atoms with Crippen LogP contribution in [0.15, 0.2) is 10.9 Å². The minimum Gasteiger partial charge on any atom is -0.325 e. The first-order chi connectivity index (χ1) is 7.95. The van der Waals surface area contributed by atoms with Crippen LogP contribution in [0.3, 0.4) is 0 Å². The van der Waals surface area contributed by atoms with Crippen molar-refractivity contribution < 1.29 is 4.79 Å². The van der Waals surface area contributed by atoms with Crippen LogP contribution in [-0.4, -0.2) is 10.8 Å². The molecule has 92 valence electrons. The van der Waals surface area contributed by atoms with E-state index in [4.69, 9.17) is 0 Å². The highest BCUT2D eigenvalue weighted by molar-refractivity contribution is 5.98. The average Bonchev–Trinajstić information content (AvgIpc) is 2.28. The molecule has 3 nitrogen and oxygen atoms in total. The minimum atomic E-state index is -0.180. The van der Waals surface area contributed by atoms with Crippen LogP contribution in [0.2, 0.25) is 0 Å². The number of Topliss-reactive ketones (excluding diaryl/α,β-unsaturated/α-hetero) is 1. The third kappa shape index (κ3) is 2.06. The number of carbonyl (C=O) groups is 1. The Morgan fingerprint density at radius 1 is 1.29 bits per heavy atom. The normalized spacial score (nSPS) is 15.8. The van der Waals surface area contributed by atoms with E-state index in [9.17, 15) is 9.59 Å². The number of rotatable bonds is 2. The molecule has 1 aromatic rings. The quantitative estimate of drug-likeness (QED) is 0.853. The van der Waals surface area contributed by atoms with Crippen molar-refractivity contribution in [3.8, 4) is 0 Å². The molecule has 1 aromatic heterocycles. The molecular formula is C14H19NO2. The smallest absolute Gasteiger partial charge is 0.251 e. The van der Waals surface area contributed by atoms with Crippen molar-refractivity contribution >= 4 is 5.78 Å². The van der Waals surface area contributed by atoms with E-state index in [2.05, 4.69) is 11.9 Å². The summed E-state index contributed by atoms with van der Waals surface area (Å²) in [7, 11) is 0. The van der Waals surface area contributed by atoms with E-state index in [1.807, 2.05) is 19.9 Å². The molecule has 0 saturated carbocycles. The Hall–Kier alpha value is -1.38. The number of aromatic nitrogens is 1. The highest BCUT2D eigenvalue weighted by atomic mass is 16.1. The van der Waals surface area contributed by atoms with Crippen LogP contribution in [0.5, 0.6) is 0 Å². The molecule has 1 heterocycles. The van der Waals surface area contributed by atoms with Crippen LogP contribution in [0.4, 0.5) is 0 Å². The lowest BCUT2D eigenvalue weighted by atomic mass is 9.81. The lowest BCUT2D eigenvalue weighted by Crippen LogP contribution is -2.30. The van der Waals surface area contributed by atoms with E-state index < -0.39 is 0 Å². The predicted molar refractivity (Wildman–Crippen MR) is 67.6 cm³/mol. The molecule has 0 bridgehead atoms. The van der Waals surface area contributed by atoms with Crippen LogP contribution in [-0.2, 0) is 11.8 Å². The lowest BCUT2D eigenvalue weighted by Gasteiger charge is -2.24. The van der Waals surface area contributed by atoms with Crippen LogP contribution in [0.1, 0.15) is 61.6 Å². The molecular weight excluding hydrogens is 214 g/mol. The minimum absolute atomic E-state index is 0.0368. The number of H-pyrrole nitrogens is 1. The average molecular weight is 233 g/mol. The van der Waals surface area contributed by atoms with Gasteiger partial charge in [0.2, 0.25) is 0 Å². The molecule has 0 amide bonds. The molecule has 2 rings (SSSR count). The van der Waals surface area contributed by atoms with Crippen molar-refractivity contribution in [3.05, 3.63) is 33.2 Å². The van der Waals surface area contributed by atoms with E-state index in [-0.39, 0.29) is 16.8 Å². The number of hydrogen-bond donors (Lipinski definition) is 1. The van der Waals surface area contributed by atoms with Crippen molar-refractivity contribution in [2.24, 2.45) is 0 Å². The number of carbonyl (C=O) groups excluding carboxylic acids is 1. The van der Waals surface area contributed by atoms with Gasteiger partial charge in [-0.2, -0.15) is 0 Å². The van der Waals surface area contributed by atoms with Crippen molar-refractivity contribution in [3.63, 3.8) is 0 Å². The van der Waals surface area contributed by atoms with E-state index in [1.165, 1.54) is 0 Å². The van der Waals surface area contributed by atoms with Gasteiger partial charge in [0.05, 0.1) is 0 Å². The summed E-state index contributed by atoms with van der Waals surface area (Å²) in [6, 6.07) is 1.82. The van der Waals surface area contributed by atoms with Gasteiger partial charge in [-0.05, 0) is 30.7 Å². The third-order valence-electron chi connectivity index (χ3n) is 3.87. The van der Waals surface area contributed by atoms with E-state index in [0.717, 1.165) is 36.1 Å². The van der Waals surface area contributed by atoms with Gasteiger partial charge < -0.3 is 4.98 Å². The fourth-order valence-electron chi connectivity index (χ4n) is 2.27. The Labute approximate surface area is 101 Å². The Balaban J connectivity index is 2.61. The first-order valence-corrected chi connectivity index (χ1v) is 6.25.